The van der Waals surface area contributed by atoms with Crippen LogP contribution in [0.5, 0.6) is 0 Å². The fourth-order valence-electron chi connectivity index (χ4n) is 8.38. The normalized spacial score (nSPS) is 55.8. The Hall–Kier alpha value is -0.910. The Balaban J connectivity index is 1.50. The van der Waals surface area contributed by atoms with Gasteiger partial charge in [-0.05, 0) is 80.1 Å². The highest BCUT2D eigenvalue weighted by molar-refractivity contribution is 5.85. The van der Waals surface area contributed by atoms with Crippen LogP contribution in [0.25, 0.3) is 0 Å². The predicted molar refractivity (Wildman–Crippen MR) is 103 cm³/mol. The summed E-state index contributed by atoms with van der Waals surface area (Å²) in [5.74, 6) is 0.390. The number of fused-ring (bicyclic) bond motifs is 5. The van der Waals surface area contributed by atoms with Gasteiger partial charge in [0.05, 0.1) is 17.8 Å². The third-order valence-corrected chi connectivity index (χ3v) is 9.96. The molecule has 0 radical (unpaired) electrons. The molecule has 4 saturated carbocycles. The third kappa shape index (κ3) is 2.33. The number of aliphatic hydroxyl groups excluding tert-OH is 2. The van der Waals surface area contributed by atoms with Gasteiger partial charge in [-0.3, -0.25) is 0 Å². The average molecular weight is 391 g/mol. The van der Waals surface area contributed by atoms with Crippen molar-refractivity contribution in [3.63, 3.8) is 0 Å². The quantitative estimate of drug-likeness (QED) is 0.599. The van der Waals surface area contributed by atoms with Crippen LogP contribution in [0, 0.1) is 34.5 Å². The van der Waals surface area contributed by atoms with Crippen molar-refractivity contribution in [2.45, 2.75) is 83.0 Å². The van der Waals surface area contributed by atoms with E-state index < -0.39 is 11.7 Å². The van der Waals surface area contributed by atoms with Crippen LogP contribution in [0.2, 0.25) is 0 Å². The van der Waals surface area contributed by atoms with E-state index in [0.29, 0.717) is 31.3 Å². The molecule has 0 saturated heterocycles. The van der Waals surface area contributed by atoms with Gasteiger partial charge in [0, 0.05) is 17.4 Å². The van der Waals surface area contributed by atoms with Crippen molar-refractivity contribution in [3.8, 4) is 0 Å². The molecule has 28 heavy (non-hydrogen) atoms. The number of ether oxygens (including phenoxy) is 1. The van der Waals surface area contributed by atoms with Gasteiger partial charge in [0.1, 0.15) is 6.61 Å². The van der Waals surface area contributed by atoms with Gasteiger partial charge in [-0.25, -0.2) is 4.79 Å². The van der Waals surface area contributed by atoms with Crippen LogP contribution in [0.4, 0.5) is 0 Å². The van der Waals surface area contributed by atoms with Crippen molar-refractivity contribution < 1.29 is 24.9 Å². The molecule has 5 rings (SSSR count). The van der Waals surface area contributed by atoms with Crippen LogP contribution in [-0.4, -0.2) is 45.7 Å². The van der Waals surface area contributed by atoms with Gasteiger partial charge >= 0.3 is 5.97 Å². The summed E-state index contributed by atoms with van der Waals surface area (Å²) in [5, 5.41) is 33.5. The molecule has 1 aliphatic heterocycles. The maximum atomic E-state index is 12.1. The highest BCUT2D eigenvalue weighted by Gasteiger charge is 2.69. The Morgan fingerprint density at radius 3 is 2.57 bits per heavy atom. The van der Waals surface area contributed by atoms with Gasteiger partial charge in [-0.15, -0.1) is 0 Å². The molecule has 4 fully saturated rings. The first-order valence-electron chi connectivity index (χ1n) is 11.1. The lowest BCUT2D eigenvalue weighted by atomic mass is 9.42. The molecule has 4 aliphatic carbocycles. The molecule has 0 aromatic rings. The first-order chi connectivity index (χ1) is 13.2. The van der Waals surface area contributed by atoms with Crippen LogP contribution in [0.3, 0.4) is 0 Å². The minimum atomic E-state index is -0.906. The largest absolute Gasteiger partial charge is 0.458 e. The number of carbonyl (C=O) groups is 1. The molecule has 156 valence electrons. The molecule has 5 heteroatoms. The summed E-state index contributed by atoms with van der Waals surface area (Å²) >= 11 is 0. The molecular weight excluding hydrogens is 356 g/mol. The lowest BCUT2D eigenvalue weighted by molar-refractivity contribution is -0.240. The molecule has 0 spiro atoms. The zero-order chi connectivity index (χ0) is 19.9. The number of carbonyl (C=O) groups excluding carboxylic acids is 1. The van der Waals surface area contributed by atoms with E-state index >= 15 is 0 Å². The zero-order valence-electron chi connectivity index (χ0n) is 17.1. The second-order valence-corrected chi connectivity index (χ2v) is 10.9. The second kappa shape index (κ2) is 6.05. The fourth-order valence-corrected chi connectivity index (χ4v) is 8.38. The van der Waals surface area contributed by atoms with Crippen molar-refractivity contribution in [1.82, 2.24) is 0 Å². The smallest absolute Gasteiger partial charge is 0.331 e. The van der Waals surface area contributed by atoms with Gasteiger partial charge in [0.25, 0.3) is 0 Å². The Kier molecular flexibility index (Phi) is 4.12. The van der Waals surface area contributed by atoms with Crippen molar-refractivity contribution >= 4 is 5.97 Å². The molecular formula is C23H34O5. The molecule has 5 nitrogen and oxygen atoms in total. The Morgan fingerprint density at radius 1 is 1.07 bits per heavy atom. The number of aliphatic hydroxyl groups is 3. The number of rotatable bonds is 1. The van der Waals surface area contributed by atoms with E-state index in [9.17, 15) is 20.1 Å². The molecule has 1 heterocycles. The summed E-state index contributed by atoms with van der Waals surface area (Å²) in [5.41, 5.74) is -0.121. The van der Waals surface area contributed by atoms with E-state index in [1.54, 1.807) is 6.08 Å². The monoisotopic (exact) mass is 390 g/mol. The Bertz CT molecular complexity index is 718. The highest BCUT2D eigenvalue weighted by atomic mass is 16.5. The van der Waals surface area contributed by atoms with Gasteiger partial charge in [0.15, 0.2) is 0 Å². The molecule has 3 unspecified atom stereocenters. The number of hydrogen-bond acceptors (Lipinski definition) is 5. The van der Waals surface area contributed by atoms with E-state index in [2.05, 4.69) is 13.8 Å². The molecule has 0 bridgehead atoms. The van der Waals surface area contributed by atoms with Gasteiger partial charge < -0.3 is 20.1 Å². The SMILES string of the molecule is C[C@]12CC[C@H](O)C[C@H]1CC(O)C1C2CC[C@]2(C)[C@@H](C3=CC(=O)OC3)CC[C@]12O. The predicted octanol–water partition coefficient (Wildman–Crippen LogP) is 2.58. The first-order valence-corrected chi connectivity index (χ1v) is 11.1. The summed E-state index contributed by atoms with van der Waals surface area (Å²) in [4.78, 5) is 11.6. The topological polar surface area (TPSA) is 87.0 Å². The van der Waals surface area contributed by atoms with E-state index in [1.807, 2.05) is 0 Å². The average Bonchev–Trinajstić information content (AvgIpc) is 3.17. The summed E-state index contributed by atoms with van der Waals surface area (Å²) in [6.45, 7) is 4.87. The third-order valence-electron chi connectivity index (χ3n) is 9.96. The van der Waals surface area contributed by atoms with Crippen molar-refractivity contribution in [2.24, 2.45) is 34.5 Å². The van der Waals surface area contributed by atoms with E-state index in [0.717, 1.165) is 44.1 Å². The van der Waals surface area contributed by atoms with Crippen molar-refractivity contribution in [1.29, 1.82) is 0 Å². The van der Waals surface area contributed by atoms with Crippen LogP contribution in [0.15, 0.2) is 11.6 Å². The van der Waals surface area contributed by atoms with E-state index in [4.69, 9.17) is 4.74 Å². The first kappa shape index (κ1) is 19.1. The lowest BCUT2D eigenvalue weighted by Gasteiger charge is -2.64. The maximum absolute atomic E-state index is 12.1. The van der Waals surface area contributed by atoms with Gasteiger partial charge in [-0.1, -0.05) is 13.8 Å². The van der Waals surface area contributed by atoms with Gasteiger partial charge in [-0.2, -0.15) is 0 Å². The van der Waals surface area contributed by atoms with Gasteiger partial charge in [0.2, 0.25) is 0 Å². The van der Waals surface area contributed by atoms with Crippen molar-refractivity contribution in [3.05, 3.63) is 11.6 Å². The molecule has 0 aromatic carbocycles. The van der Waals surface area contributed by atoms with Crippen LogP contribution in [0.1, 0.15) is 65.2 Å². The zero-order valence-corrected chi connectivity index (χ0v) is 17.1. The van der Waals surface area contributed by atoms with Crippen molar-refractivity contribution in [2.75, 3.05) is 6.61 Å². The number of hydrogen-bond donors (Lipinski definition) is 3. The van der Waals surface area contributed by atoms with Crippen LogP contribution < -0.4 is 0 Å². The molecule has 0 amide bonds. The van der Waals surface area contributed by atoms with E-state index in [1.165, 1.54) is 0 Å². The van der Waals surface area contributed by atoms with E-state index in [-0.39, 0.29) is 34.7 Å². The standard InChI is InChI=1S/C23H34O5/c1-21-6-3-15(24)10-14(21)11-18(25)20-17(21)4-7-22(2)16(5-8-23(20,22)27)13-9-19(26)28-12-13/h9,14-18,20,24-25,27H,3-8,10-12H2,1-2H3/t14-,15-,16+,17?,18?,20?,21-,22+,23-/m0/s1. The second-order valence-electron chi connectivity index (χ2n) is 10.9. The van der Waals surface area contributed by atoms with Crippen LogP contribution in [-0.2, 0) is 9.53 Å². The Labute approximate surface area is 167 Å². The van der Waals surface area contributed by atoms with Crippen LogP contribution >= 0.6 is 0 Å². The maximum Gasteiger partial charge on any atom is 0.331 e. The summed E-state index contributed by atoms with van der Waals surface area (Å²) in [6, 6.07) is 0. The number of cyclic esters (lactones) is 1. The minimum Gasteiger partial charge on any atom is -0.458 e. The Morgan fingerprint density at radius 2 is 1.86 bits per heavy atom. The molecule has 0 aromatic heterocycles. The summed E-state index contributed by atoms with van der Waals surface area (Å²) in [7, 11) is 0. The summed E-state index contributed by atoms with van der Waals surface area (Å²) < 4.78 is 5.17. The fraction of sp³-hybridized carbons (Fsp3) is 0.870. The summed E-state index contributed by atoms with van der Waals surface area (Å²) in [6.07, 6.45) is 7.59. The minimum absolute atomic E-state index is 0.0873. The lowest BCUT2D eigenvalue weighted by Crippen LogP contribution is -2.66. The highest BCUT2D eigenvalue weighted by Crippen LogP contribution is 2.69. The molecule has 3 N–H and O–H groups in total. The molecule has 5 aliphatic rings. The molecule has 9 atom stereocenters. The number of esters is 1.